The molecule has 2 aromatic carbocycles. The van der Waals surface area contributed by atoms with Crippen molar-refractivity contribution in [2.75, 3.05) is 24.8 Å². The fourth-order valence-electron chi connectivity index (χ4n) is 2.45. The molecule has 24 heavy (non-hydrogen) atoms. The Balaban J connectivity index is 1.80. The first-order valence-corrected chi connectivity index (χ1v) is 8.70. The maximum Gasteiger partial charge on any atom is 0.210 e. The van der Waals surface area contributed by atoms with Gasteiger partial charge in [0.05, 0.1) is 0 Å². The average molecular weight is 339 g/mol. The van der Waals surface area contributed by atoms with Crippen LogP contribution in [0.1, 0.15) is 11.1 Å². The fraction of sp³-hybridized carbons (Fsp3) is 0.222. The molecule has 0 atom stereocenters. The summed E-state index contributed by atoms with van der Waals surface area (Å²) in [5, 5.41) is 9.22. The van der Waals surface area contributed by atoms with Crippen LogP contribution in [0.15, 0.2) is 53.7 Å². The average Bonchev–Trinajstić information content (AvgIpc) is 2.94. The molecule has 6 heteroatoms. The number of rotatable bonds is 5. The zero-order chi connectivity index (χ0) is 17.1. The predicted octanol–water partition coefficient (Wildman–Crippen LogP) is 3.33. The first kappa shape index (κ1) is 16.4. The van der Waals surface area contributed by atoms with Crippen LogP contribution in [0.4, 0.5) is 5.69 Å². The van der Waals surface area contributed by atoms with Crippen LogP contribution in [0.3, 0.4) is 0 Å². The van der Waals surface area contributed by atoms with Crippen LogP contribution in [0, 0.1) is 6.92 Å². The Morgan fingerprint density at radius 1 is 1.08 bits per heavy atom. The highest BCUT2D eigenvalue weighted by molar-refractivity contribution is 7.98. The molecule has 1 aromatic heterocycles. The van der Waals surface area contributed by atoms with Crippen LogP contribution in [0.25, 0.3) is 11.4 Å². The number of anilines is 1. The lowest BCUT2D eigenvalue weighted by Gasteiger charge is -2.13. The van der Waals surface area contributed by atoms with Gasteiger partial charge in [0.25, 0.3) is 0 Å². The minimum atomic E-state index is 0.672. The number of thioether (sulfide) groups is 1. The van der Waals surface area contributed by atoms with Gasteiger partial charge in [0, 0.05) is 31.1 Å². The molecule has 0 aliphatic carbocycles. The number of benzene rings is 2. The fourth-order valence-corrected chi connectivity index (χ4v) is 3.24. The van der Waals surface area contributed by atoms with Crippen LogP contribution < -0.4 is 10.7 Å². The Hall–Kier alpha value is -2.47. The van der Waals surface area contributed by atoms with Gasteiger partial charge in [0.2, 0.25) is 5.16 Å². The van der Waals surface area contributed by atoms with Crippen molar-refractivity contribution < 1.29 is 0 Å². The second-order valence-corrected chi connectivity index (χ2v) is 6.84. The van der Waals surface area contributed by atoms with Crippen LogP contribution in [0.2, 0.25) is 0 Å². The van der Waals surface area contributed by atoms with Crippen molar-refractivity contribution in [2.45, 2.75) is 17.8 Å². The monoisotopic (exact) mass is 339 g/mol. The first-order valence-electron chi connectivity index (χ1n) is 7.71. The minimum absolute atomic E-state index is 0.672. The molecule has 2 N–H and O–H groups in total. The Morgan fingerprint density at radius 3 is 2.62 bits per heavy atom. The van der Waals surface area contributed by atoms with Crippen LogP contribution in [-0.4, -0.2) is 29.0 Å². The number of nitrogens with zero attached hydrogens (tertiary/aromatic N) is 4. The second-order valence-electron chi connectivity index (χ2n) is 5.90. The SMILES string of the molecule is Cc1cccc(CSc2nnc(-c3cccc(N(C)C)c3)n2N)c1. The van der Waals surface area contributed by atoms with Gasteiger partial charge in [-0.3, -0.25) is 0 Å². The molecule has 0 saturated heterocycles. The molecule has 1 heterocycles. The number of nitrogen functional groups attached to an aromatic ring is 1. The lowest BCUT2D eigenvalue weighted by Crippen LogP contribution is -2.12. The maximum absolute atomic E-state index is 6.21. The highest BCUT2D eigenvalue weighted by atomic mass is 32.2. The number of aryl methyl sites for hydroxylation is 1. The lowest BCUT2D eigenvalue weighted by molar-refractivity contribution is 0.849. The van der Waals surface area contributed by atoms with E-state index in [1.165, 1.54) is 11.1 Å². The molecule has 0 saturated carbocycles. The molecule has 0 spiro atoms. The van der Waals surface area contributed by atoms with E-state index in [0.29, 0.717) is 11.0 Å². The van der Waals surface area contributed by atoms with Gasteiger partial charge in [-0.1, -0.05) is 53.7 Å². The third kappa shape index (κ3) is 3.54. The van der Waals surface area contributed by atoms with E-state index in [-0.39, 0.29) is 0 Å². The van der Waals surface area contributed by atoms with Gasteiger partial charge < -0.3 is 10.7 Å². The van der Waals surface area contributed by atoms with Crippen LogP contribution >= 0.6 is 11.8 Å². The van der Waals surface area contributed by atoms with Gasteiger partial charge in [0.15, 0.2) is 5.82 Å². The van der Waals surface area contributed by atoms with E-state index in [2.05, 4.69) is 47.5 Å². The van der Waals surface area contributed by atoms with Crippen molar-refractivity contribution in [2.24, 2.45) is 0 Å². The number of hydrogen-bond acceptors (Lipinski definition) is 5. The first-order chi connectivity index (χ1) is 11.5. The third-order valence-corrected chi connectivity index (χ3v) is 4.75. The third-order valence-electron chi connectivity index (χ3n) is 3.74. The van der Waals surface area contributed by atoms with Gasteiger partial charge in [0.1, 0.15) is 0 Å². The summed E-state index contributed by atoms with van der Waals surface area (Å²) >= 11 is 1.59. The van der Waals surface area contributed by atoms with Crippen molar-refractivity contribution in [1.82, 2.24) is 14.9 Å². The van der Waals surface area contributed by atoms with Crippen molar-refractivity contribution in [1.29, 1.82) is 0 Å². The van der Waals surface area contributed by atoms with Gasteiger partial charge in [-0.25, -0.2) is 4.68 Å². The Bertz CT molecular complexity index is 841. The van der Waals surface area contributed by atoms with Gasteiger partial charge >= 0.3 is 0 Å². The molecule has 0 fully saturated rings. The van der Waals surface area contributed by atoms with Crippen molar-refractivity contribution in [3.8, 4) is 11.4 Å². The molecular formula is C18H21N5S. The molecule has 0 radical (unpaired) electrons. The van der Waals surface area contributed by atoms with E-state index >= 15 is 0 Å². The van der Waals surface area contributed by atoms with Gasteiger partial charge in [-0.2, -0.15) is 0 Å². The van der Waals surface area contributed by atoms with Gasteiger partial charge in [-0.15, -0.1) is 10.2 Å². The molecule has 0 amide bonds. The minimum Gasteiger partial charge on any atom is -0.378 e. The van der Waals surface area contributed by atoms with E-state index in [4.69, 9.17) is 5.84 Å². The standard InChI is InChI=1S/C18H21N5S/c1-13-6-4-7-14(10-13)12-24-18-21-20-17(23(18)19)15-8-5-9-16(11-15)22(2)3/h4-11H,12,19H2,1-3H3. The van der Waals surface area contributed by atoms with Crippen molar-refractivity contribution >= 4 is 17.4 Å². The number of hydrogen-bond donors (Lipinski definition) is 1. The largest absolute Gasteiger partial charge is 0.378 e. The van der Waals surface area contributed by atoms with E-state index < -0.39 is 0 Å². The zero-order valence-corrected chi connectivity index (χ0v) is 14.9. The molecule has 0 aliphatic heterocycles. The van der Waals surface area contributed by atoms with Crippen molar-refractivity contribution in [3.05, 3.63) is 59.7 Å². The van der Waals surface area contributed by atoms with E-state index in [1.54, 1.807) is 16.4 Å². The summed E-state index contributed by atoms with van der Waals surface area (Å²) in [7, 11) is 4.02. The molecule has 0 unspecified atom stereocenters. The normalized spacial score (nSPS) is 10.8. The topological polar surface area (TPSA) is 60.0 Å². The van der Waals surface area contributed by atoms with E-state index in [1.807, 2.05) is 37.2 Å². The predicted molar refractivity (Wildman–Crippen MR) is 101 cm³/mol. The molecule has 3 rings (SSSR count). The molecule has 124 valence electrons. The zero-order valence-electron chi connectivity index (χ0n) is 14.1. The summed E-state index contributed by atoms with van der Waals surface area (Å²) in [5.74, 6) is 7.70. The van der Waals surface area contributed by atoms with Crippen molar-refractivity contribution in [3.63, 3.8) is 0 Å². The summed E-state index contributed by atoms with van der Waals surface area (Å²) in [4.78, 5) is 2.05. The smallest absolute Gasteiger partial charge is 0.210 e. The van der Waals surface area contributed by atoms with Crippen LogP contribution in [-0.2, 0) is 5.75 Å². The quantitative estimate of drug-likeness (QED) is 0.571. The maximum atomic E-state index is 6.21. The number of aromatic nitrogens is 3. The molecule has 0 bridgehead atoms. The Labute approximate surface area is 146 Å². The number of nitrogens with two attached hydrogens (primary N) is 1. The van der Waals surface area contributed by atoms with Gasteiger partial charge in [-0.05, 0) is 24.6 Å². The van der Waals surface area contributed by atoms with E-state index in [9.17, 15) is 0 Å². The Morgan fingerprint density at radius 2 is 1.88 bits per heavy atom. The van der Waals surface area contributed by atoms with Crippen LogP contribution in [0.5, 0.6) is 0 Å². The van der Waals surface area contributed by atoms with E-state index in [0.717, 1.165) is 17.0 Å². The molecule has 0 aliphatic rings. The lowest BCUT2D eigenvalue weighted by atomic mass is 10.2. The molecule has 5 nitrogen and oxygen atoms in total. The summed E-state index contributed by atoms with van der Waals surface area (Å²) < 4.78 is 1.56. The highest BCUT2D eigenvalue weighted by Gasteiger charge is 2.13. The molecule has 3 aromatic rings. The highest BCUT2D eigenvalue weighted by Crippen LogP contribution is 2.26. The summed E-state index contributed by atoms with van der Waals surface area (Å²) in [6, 6.07) is 16.5. The summed E-state index contributed by atoms with van der Waals surface area (Å²) in [6.45, 7) is 2.09. The second kappa shape index (κ2) is 6.97. The molecular weight excluding hydrogens is 318 g/mol. The summed E-state index contributed by atoms with van der Waals surface area (Å²) in [6.07, 6.45) is 0. The Kier molecular flexibility index (Phi) is 4.76. The summed E-state index contributed by atoms with van der Waals surface area (Å²) in [5.41, 5.74) is 4.56.